The maximum atomic E-state index is 5.84. The van der Waals surface area contributed by atoms with Crippen LogP contribution in [0.5, 0.6) is 11.5 Å². The van der Waals surface area contributed by atoms with E-state index in [9.17, 15) is 0 Å². The first-order valence-electron chi connectivity index (χ1n) is 9.42. The third kappa shape index (κ3) is 2.36. The summed E-state index contributed by atoms with van der Waals surface area (Å²) in [6.07, 6.45) is 4.35. The summed E-state index contributed by atoms with van der Waals surface area (Å²) < 4.78 is 13.9. The molecule has 0 N–H and O–H groups in total. The van der Waals surface area contributed by atoms with Crippen LogP contribution in [0.1, 0.15) is 5.56 Å². The van der Waals surface area contributed by atoms with Gasteiger partial charge in [-0.1, -0.05) is 72.8 Å². The van der Waals surface area contributed by atoms with Gasteiger partial charge in [0.1, 0.15) is 11.5 Å². The number of methoxy groups -OCH3 is 2. The summed E-state index contributed by atoms with van der Waals surface area (Å²) in [6.45, 7) is 0.816. The zero-order valence-corrected chi connectivity index (χ0v) is 16.0. The minimum Gasteiger partial charge on any atom is -0.496 e. The summed E-state index contributed by atoms with van der Waals surface area (Å²) in [5.74, 6) is 1.67. The van der Waals surface area contributed by atoms with Crippen LogP contribution in [-0.4, -0.2) is 18.8 Å². The van der Waals surface area contributed by atoms with Crippen molar-refractivity contribution in [2.75, 3.05) is 14.2 Å². The molecule has 0 unspecified atom stereocenters. The van der Waals surface area contributed by atoms with Crippen molar-refractivity contribution in [2.45, 2.75) is 6.54 Å². The maximum absolute atomic E-state index is 5.84. The zero-order chi connectivity index (χ0) is 19.1. The van der Waals surface area contributed by atoms with Crippen LogP contribution in [0, 0.1) is 0 Å². The quantitative estimate of drug-likeness (QED) is 0.440. The summed E-state index contributed by atoms with van der Waals surface area (Å²) in [6, 6.07) is 23.1. The Hall–Kier alpha value is -3.46. The van der Waals surface area contributed by atoms with Crippen LogP contribution in [0.15, 0.2) is 72.8 Å². The highest BCUT2D eigenvalue weighted by Gasteiger charge is 2.27. The first kappa shape index (κ1) is 16.7. The van der Waals surface area contributed by atoms with Gasteiger partial charge in [0.15, 0.2) is 0 Å². The number of hydrogen-bond acceptors (Lipinski definition) is 2. The summed E-state index contributed by atoms with van der Waals surface area (Å²) in [5.41, 5.74) is 7.05. The molecule has 3 aromatic carbocycles. The second-order valence-electron chi connectivity index (χ2n) is 6.89. The molecule has 3 nitrogen and oxygen atoms in total. The molecule has 0 spiro atoms. The second kappa shape index (κ2) is 6.61. The summed E-state index contributed by atoms with van der Waals surface area (Å²) >= 11 is 0. The first-order valence-corrected chi connectivity index (χ1v) is 9.42. The van der Waals surface area contributed by atoms with E-state index >= 15 is 0 Å². The average molecular weight is 367 g/mol. The van der Waals surface area contributed by atoms with Crippen molar-refractivity contribution < 1.29 is 9.47 Å². The molecule has 1 aliphatic heterocycles. The van der Waals surface area contributed by atoms with E-state index in [0.717, 1.165) is 34.5 Å². The van der Waals surface area contributed by atoms with Crippen molar-refractivity contribution in [1.29, 1.82) is 0 Å². The average Bonchev–Trinajstić information content (AvgIpc) is 3.12. The van der Waals surface area contributed by atoms with Gasteiger partial charge in [-0.2, -0.15) is 0 Å². The fraction of sp³-hybridized carbons (Fsp3) is 0.120. The van der Waals surface area contributed by atoms with Crippen molar-refractivity contribution in [1.82, 2.24) is 4.57 Å². The Morgan fingerprint density at radius 3 is 2.07 bits per heavy atom. The van der Waals surface area contributed by atoms with Crippen molar-refractivity contribution in [2.24, 2.45) is 0 Å². The number of nitrogens with zero attached hydrogens (tertiary/aromatic N) is 1. The summed E-state index contributed by atoms with van der Waals surface area (Å²) in [7, 11) is 3.44. The molecule has 4 aromatic rings. The minimum absolute atomic E-state index is 0.816. The fourth-order valence-electron chi connectivity index (χ4n) is 4.26. The molecular formula is C25H21NO2. The SMILES string of the molecule is COc1cc(OC)c2c(-c3ccccc3)c(-c3ccccc3)n3c2c1C=CC3. The van der Waals surface area contributed by atoms with Gasteiger partial charge in [-0.05, 0) is 11.1 Å². The molecule has 0 saturated carbocycles. The molecule has 0 aliphatic carbocycles. The van der Waals surface area contributed by atoms with Gasteiger partial charge in [-0.3, -0.25) is 0 Å². The summed E-state index contributed by atoms with van der Waals surface area (Å²) in [5, 5.41) is 1.13. The highest BCUT2D eigenvalue weighted by atomic mass is 16.5. The number of ether oxygens (including phenoxy) is 2. The van der Waals surface area contributed by atoms with Crippen LogP contribution in [0.25, 0.3) is 39.4 Å². The molecule has 0 fully saturated rings. The van der Waals surface area contributed by atoms with E-state index in [1.54, 1.807) is 14.2 Å². The van der Waals surface area contributed by atoms with Crippen LogP contribution in [-0.2, 0) is 6.54 Å². The standard InChI is InChI=1S/C25H21NO2/c1-27-20-16-21(28-2)23-22(17-10-5-3-6-11-17)24(18-12-7-4-8-13-18)26-15-9-14-19(20)25(23)26/h3-14,16H,15H2,1-2H3. The van der Waals surface area contributed by atoms with Crippen molar-refractivity contribution in [3.8, 4) is 33.9 Å². The van der Waals surface area contributed by atoms with Gasteiger partial charge in [0.25, 0.3) is 0 Å². The molecule has 3 heteroatoms. The largest absolute Gasteiger partial charge is 0.496 e. The Bertz CT molecular complexity index is 1190. The maximum Gasteiger partial charge on any atom is 0.132 e. The molecule has 0 radical (unpaired) electrons. The third-order valence-electron chi connectivity index (χ3n) is 5.41. The van der Waals surface area contributed by atoms with Gasteiger partial charge in [-0.25, -0.2) is 0 Å². The van der Waals surface area contributed by atoms with Gasteiger partial charge < -0.3 is 14.0 Å². The zero-order valence-electron chi connectivity index (χ0n) is 16.0. The van der Waals surface area contributed by atoms with Gasteiger partial charge in [0.2, 0.25) is 0 Å². The van der Waals surface area contributed by atoms with Gasteiger partial charge in [0, 0.05) is 23.7 Å². The minimum atomic E-state index is 0.816. The smallest absolute Gasteiger partial charge is 0.132 e. The van der Waals surface area contributed by atoms with Crippen molar-refractivity contribution in [3.05, 3.63) is 78.4 Å². The van der Waals surface area contributed by atoms with E-state index in [4.69, 9.17) is 9.47 Å². The van der Waals surface area contributed by atoms with Crippen molar-refractivity contribution in [3.63, 3.8) is 0 Å². The Morgan fingerprint density at radius 2 is 1.43 bits per heavy atom. The van der Waals surface area contributed by atoms with Crippen LogP contribution >= 0.6 is 0 Å². The lowest BCUT2D eigenvalue weighted by molar-refractivity contribution is 0.397. The van der Waals surface area contributed by atoms with E-state index < -0.39 is 0 Å². The second-order valence-corrected chi connectivity index (χ2v) is 6.89. The van der Waals surface area contributed by atoms with Crippen LogP contribution in [0.4, 0.5) is 0 Å². The Kier molecular flexibility index (Phi) is 3.94. The topological polar surface area (TPSA) is 23.4 Å². The summed E-state index contributed by atoms with van der Waals surface area (Å²) in [4.78, 5) is 0. The first-order chi connectivity index (χ1) is 13.8. The molecule has 0 amide bonds. The predicted octanol–water partition coefficient (Wildman–Crippen LogP) is 6.02. The van der Waals surface area contributed by atoms with Gasteiger partial charge >= 0.3 is 0 Å². The van der Waals surface area contributed by atoms with Crippen LogP contribution < -0.4 is 9.47 Å². The number of aromatic nitrogens is 1. The lowest BCUT2D eigenvalue weighted by atomic mass is 9.97. The highest BCUT2D eigenvalue weighted by molar-refractivity contribution is 6.11. The van der Waals surface area contributed by atoms with Crippen molar-refractivity contribution >= 4 is 17.0 Å². The van der Waals surface area contributed by atoms with E-state index in [1.165, 1.54) is 22.4 Å². The van der Waals surface area contributed by atoms with E-state index in [0.29, 0.717) is 0 Å². The van der Waals surface area contributed by atoms with E-state index in [2.05, 4.69) is 77.4 Å². The van der Waals surface area contributed by atoms with Gasteiger partial charge in [-0.15, -0.1) is 0 Å². The molecule has 1 aromatic heterocycles. The fourth-order valence-corrected chi connectivity index (χ4v) is 4.26. The lowest BCUT2D eigenvalue weighted by Crippen LogP contribution is -2.04. The van der Waals surface area contributed by atoms with E-state index in [-0.39, 0.29) is 0 Å². The Balaban J connectivity index is 2.01. The van der Waals surface area contributed by atoms with E-state index in [1.807, 2.05) is 6.07 Å². The molecule has 28 heavy (non-hydrogen) atoms. The Labute approximate surface area is 164 Å². The molecule has 5 rings (SSSR count). The number of rotatable bonds is 4. The monoisotopic (exact) mass is 367 g/mol. The lowest BCUT2D eigenvalue weighted by Gasteiger charge is -2.17. The normalized spacial score (nSPS) is 12.4. The molecule has 1 aliphatic rings. The molecule has 138 valence electrons. The molecule has 2 heterocycles. The number of benzene rings is 3. The molecule has 0 saturated heterocycles. The van der Waals surface area contributed by atoms with Gasteiger partial charge in [0.05, 0.1) is 30.8 Å². The number of allylic oxidation sites excluding steroid dienone is 1. The van der Waals surface area contributed by atoms with Crippen LogP contribution in [0.3, 0.4) is 0 Å². The molecule has 0 atom stereocenters. The van der Waals surface area contributed by atoms with Crippen LogP contribution in [0.2, 0.25) is 0 Å². The highest BCUT2D eigenvalue weighted by Crippen LogP contribution is 2.49. The molecular weight excluding hydrogens is 346 g/mol. The molecule has 0 bridgehead atoms. The number of hydrogen-bond donors (Lipinski definition) is 0. The predicted molar refractivity (Wildman–Crippen MR) is 115 cm³/mol. The third-order valence-corrected chi connectivity index (χ3v) is 5.41. The Morgan fingerprint density at radius 1 is 0.786 bits per heavy atom.